The van der Waals surface area contributed by atoms with E-state index in [9.17, 15) is 13.2 Å². The van der Waals surface area contributed by atoms with Crippen molar-refractivity contribution in [1.29, 1.82) is 0 Å². The third-order valence-corrected chi connectivity index (χ3v) is 7.02. The number of sulfonamides is 1. The third-order valence-electron chi connectivity index (χ3n) is 5.18. The number of aromatic nitrogens is 2. The van der Waals surface area contributed by atoms with Crippen LogP contribution < -0.4 is 5.32 Å². The Morgan fingerprint density at radius 1 is 1.14 bits per heavy atom. The number of anilines is 1. The van der Waals surface area contributed by atoms with Crippen molar-refractivity contribution in [3.8, 4) is 0 Å². The molecular weight excluding hydrogens is 388 g/mol. The molecule has 2 aromatic rings. The summed E-state index contributed by atoms with van der Waals surface area (Å²) >= 11 is 0. The molecule has 0 spiro atoms. The van der Waals surface area contributed by atoms with Crippen molar-refractivity contribution >= 4 is 21.7 Å². The Balaban J connectivity index is 1.77. The second-order valence-electron chi connectivity index (χ2n) is 8.46. The number of nitrogens with one attached hydrogen (secondary N) is 1. The molecule has 1 aromatic carbocycles. The number of amides is 1. The van der Waals surface area contributed by atoms with Crippen LogP contribution >= 0.6 is 0 Å². The number of aryl methyl sites for hydroxylation is 1. The Morgan fingerprint density at radius 2 is 1.72 bits per heavy atom. The van der Waals surface area contributed by atoms with Crippen LogP contribution in [0.2, 0.25) is 0 Å². The highest BCUT2D eigenvalue weighted by molar-refractivity contribution is 7.89. The quantitative estimate of drug-likeness (QED) is 0.803. The van der Waals surface area contributed by atoms with Crippen molar-refractivity contribution < 1.29 is 13.2 Å². The highest BCUT2D eigenvalue weighted by atomic mass is 32.2. The molecule has 158 valence electrons. The highest BCUT2D eigenvalue weighted by Crippen LogP contribution is 2.27. The Hall–Kier alpha value is -2.19. The number of nitrogens with zero attached hydrogens (tertiary/aromatic N) is 3. The van der Waals surface area contributed by atoms with Gasteiger partial charge < -0.3 is 5.32 Å². The molecule has 1 aliphatic rings. The zero-order chi connectivity index (χ0) is 21.3. The molecule has 0 saturated carbocycles. The van der Waals surface area contributed by atoms with Gasteiger partial charge in [0.05, 0.1) is 10.6 Å². The Labute approximate surface area is 173 Å². The maximum atomic E-state index is 13.0. The first-order valence-corrected chi connectivity index (χ1v) is 11.5. The summed E-state index contributed by atoms with van der Waals surface area (Å²) in [6.07, 6.45) is 1.04. The second-order valence-corrected chi connectivity index (χ2v) is 10.4. The molecule has 1 aliphatic heterocycles. The maximum Gasteiger partial charge on any atom is 0.256 e. The molecular formula is C21H30N4O3S. The molecule has 1 N–H and O–H groups in total. The highest BCUT2D eigenvalue weighted by Gasteiger charge is 2.31. The van der Waals surface area contributed by atoms with Crippen molar-refractivity contribution in [1.82, 2.24) is 14.1 Å². The minimum absolute atomic E-state index is 0.112. The lowest BCUT2D eigenvalue weighted by molar-refractivity contribution is 0.102. The monoisotopic (exact) mass is 418 g/mol. The molecule has 0 aliphatic carbocycles. The fraction of sp³-hybridized carbons (Fsp3) is 0.524. The van der Waals surface area contributed by atoms with E-state index < -0.39 is 10.0 Å². The van der Waals surface area contributed by atoms with Crippen LogP contribution in [0.25, 0.3) is 0 Å². The van der Waals surface area contributed by atoms with Gasteiger partial charge in [-0.25, -0.2) is 13.1 Å². The number of rotatable bonds is 5. The van der Waals surface area contributed by atoms with Crippen LogP contribution in [0.1, 0.15) is 56.2 Å². The molecule has 1 fully saturated rings. The lowest BCUT2D eigenvalue weighted by Crippen LogP contribution is -2.42. The summed E-state index contributed by atoms with van der Waals surface area (Å²) in [5, 5.41) is 7.25. The average molecular weight is 419 g/mol. The first-order chi connectivity index (χ1) is 13.6. The summed E-state index contributed by atoms with van der Waals surface area (Å²) in [7, 11) is -3.56. The van der Waals surface area contributed by atoms with Gasteiger partial charge in [-0.15, -0.1) is 0 Å². The lowest BCUT2D eigenvalue weighted by atomic mass is 9.94. The molecule has 1 saturated heterocycles. The number of carbonyl (C=O) groups is 1. The molecule has 0 radical (unpaired) electrons. The van der Waals surface area contributed by atoms with E-state index in [1.165, 1.54) is 12.1 Å². The smallest absolute Gasteiger partial charge is 0.256 e. The summed E-state index contributed by atoms with van der Waals surface area (Å²) in [5.41, 5.74) is 1.22. The van der Waals surface area contributed by atoms with E-state index in [1.807, 2.05) is 26.8 Å². The Morgan fingerprint density at radius 3 is 2.28 bits per heavy atom. The van der Waals surface area contributed by atoms with Crippen molar-refractivity contribution in [2.45, 2.75) is 52.0 Å². The van der Waals surface area contributed by atoms with Crippen LogP contribution in [-0.2, 0) is 10.0 Å². The number of benzene rings is 1. The SMILES string of the molecule is Cc1cc(NC(=O)c2ccc(S(=O)(=O)N3CC(C)CC(C)C3)cc2)n(C(C)C)n1. The Kier molecular flexibility index (Phi) is 6.14. The van der Waals surface area contributed by atoms with E-state index >= 15 is 0 Å². The normalized spacial score (nSPS) is 20.8. The number of hydrogen-bond donors (Lipinski definition) is 1. The zero-order valence-electron chi connectivity index (χ0n) is 17.7. The summed E-state index contributed by atoms with van der Waals surface area (Å²) in [5.74, 6) is 1.01. The number of carbonyl (C=O) groups excluding carboxylic acids is 1. The largest absolute Gasteiger partial charge is 0.307 e. The summed E-state index contributed by atoms with van der Waals surface area (Å²) in [4.78, 5) is 12.9. The molecule has 1 amide bonds. The van der Waals surface area contributed by atoms with E-state index in [0.717, 1.165) is 12.1 Å². The fourth-order valence-electron chi connectivity index (χ4n) is 3.92. The maximum absolute atomic E-state index is 13.0. The van der Waals surface area contributed by atoms with Gasteiger partial charge in [-0.2, -0.15) is 9.40 Å². The van der Waals surface area contributed by atoms with Crippen molar-refractivity contribution in [2.24, 2.45) is 11.8 Å². The first-order valence-electron chi connectivity index (χ1n) is 10.1. The van der Waals surface area contributed by atoms with Gasteiger partial charge in [0.1, 0.15) is 5.82 Å². The minimum Gasteiger partial charge on any atom is -0.307 e. The molecule has 29 heavy (non-hydrogen) atoms. The molecule has 2 heterocycles. The molecule has 2 unspecified atom stereocenters. The van der Waals surface area contributed by atoms with E-state index in [4.69, 9.17) is 0 Å². The van der Waals surface area contributed by atoms with Gasteiger partial charge in [0, 0.05) is 30.8 Å². The summed E-state index contributed by atoms with van der Waals surface area (Å²) in [6.45, 7) is 11.1. The van der Waals surface area contributed by atoms with Crippen LogP contribution in [0.4, 0.5) is 5.82 Å². The van der Waals surface area contributed by atoms with E-state index in [2.05, 4.69) is 24.3 Å². The van der Waals surface area contributed by atoms with E-state index in [-0.39, 0.29) is 16.8 Å². The van der Waals surface area contributed by atoms with Gasteiger partial charge in [0.25, 0.3) is 5.91 Å². The predicted molar refractivity (Wildman–Crippen MR) is 113 cm³/mol. The van der Waals surface area contributed by atoms with Crippen LogP contribution in [-0.4, -0.2) is 41.5 Å². The standard InChI is InChI=1S/C21H30N4O3S/c1-14(2)25-20(11-17(5)23-25)22-21(26)18-6-8-19(9-7-18)29(27,28)24-12-15(3)10-16(4)13-24/h6-9,11,14-16H,10,12-13H2,1-5H3,(H,22,26). The van der Waals surface area contributed by atoms with Gasteiger partial charge in [-0.3, -0.25) is 4.79 Å². The molecule has 8 heteroatoms. The van der Waals surface area contributed by atoms with Gasteiger partial charge in [-0.1, -0.05) is 13.8 Å². The summed E-state index contributed by atoms with van der Waals surface area (Å²) < 4.78 is 29.3. The van der Waals surface area contributed by atoms with Gasteiger partial charge >= 0.3 is 0 Å². The first kappa shape index (κ1) is 21.5. The number of hydrogen-bond acceptors (Lipinski definition) is 4. The van der Waals surface area contributed by atoms with Crippen LogP contribution in [0.5, 0.6) is 0 Å². The van der Waals surface area contributed by atoms with E-state index in [1.54, 1.807) is 21.1 Å². The predicted octanol–water partition coefficient (Wildman–Crippen LogP) is 3.69. The molecule has 2 atom stereocenters. The molecule has 1 aromatic heterocycles. The van der Waals surface area contributed by atoms with E-state index in [0.29, 0.717) is 36.3 Å². The molecule has 0 bridgehead atoms. The van der Waals surface area contributed by atoms with Crippen molar-refractivity contribution in [3.05, 3.63) is 41.6 Å². The van der Waals surface area contributed by atoms with Crippen LogP contribution in [0, 0.1) is 18.8 Å². The third kappa shape index (κ3) is 4.70. The summed E-state index contributed by atoms with van der Waals surface area (Å²) in [6, 6.07) is 8.07. The van der Waals surface area contributed by atoms with Gasteiger partial charge in [-0.05, 0) is 63.3 Å². The Bertz CT molecular complexity index is 970. The van der Waals surface area contributed by atoms with Crippen molar-refractivity contribution in [3.63, 3.8) is 0 Å². The van der Waals surface area contributed by atoms with Gasteiger partial charge in [0.2, 0.25) is 10.0 Å². The zero-order valence-corrected chi connectivity index (χ0v) is 18.5. The fourth-order valence-corrected chi connectivity index (χ4v) is 5.60. The second kappa shape index (κ2) is 8.28. The van der Waals surface area contributed by atoms with Crippen molar-refractivity contribution in [2.75, 3.05) is 18.4 Å². The van der Waals surface area contributed by atoms with Gasteiger partial charge in [0.15, 0.2) is 0 Å². The lowest BCUT2D eigenvalue weighted by Gasteiger charge is -2.34. The number of piperidine rings is 1. The molecule has 7 nitrogen and oxygen atoms in total. The molecule has 3 rings (SSSR count). The topological polar surface area (TPSA) is 84.3 Å². The minimum atomic E-state index is -3.56. The van der Waals surface area contributed by atoms with Crippen LogP contribution in [0.3, 0.4) is 0 Å². The van der Waals surface area contributed by atoms with Crippen LogP contribution in [0.15, 0.2) is 35.2 Å². The average Bonchev–Trinajstić information content (AvgIpc) is 3.01.